The fraction of sp³-hybridized carbons (Fsp3) is 0.192. The molecule has 162 valence electrons. The van der Waals surface area contributed by atoms with Gasteiger partial charge in [-0.3, -0.25) is 15.0 Å². The molecule has 1 fully saturated rings. The van der Waals surface area contributed by atoms with E-state index in [1.807, 2.05) is 18.2 Å². The number of halogens is 1. The van der Waals surface area contributed by atoms with Gasteiger partial charge in [-0.1, -0.05) is 54.1 Å². The molecule has 0 aliphatic carbocycles. The van der Waals surface area contributed by atoms with Gasteiger partial charge in [0.05, 0.1) is 0 Å². The number of hydrogen-bond acceptors (Lipinski definition) is 3. The van der Waals surface area contributed by atoms with Crippen molar-refractivity contribution in [3.05, 3.63) is 100 Å². The summed E-state index contributed by atoms with van der Waals surface area (Å²) in [5, 5.41) is 11.8. The van der Waals surface area contributed by atoms with E-state index in [1.165, 1.54) is 0 Å². The van der Waals surface area contributed by atoms with Crippen LogP contribution in [0.2, 0.25) is 5.02 Å². The van der Waals surface area contributed by atoms with Crippen molar-refractivity contribution in [3.8, 4) is 0 Å². The van der Waals surface area contributed by atoms with Crippen LogP contribution in [-0.4, -0.2) is 35.5 Å². The van der Waals surface area contributed by atoms with Crippen LogP contribution in [0.3, 0.4) is 0 Å². The second-order valence-corrected chi connectivity index (χ2v) is 8.27. The number of carbonyl (C=O) groups is 2. The van der Waals surface area contributed by atoms with Crippen molar-refractivity contribution < 1.29 is 9.59 Å². The molecule has 4 rings (SSSR count). The molecule has 6 heteroatoms. The summed E-state index contributed by atoms with van der Waals surface area (Å²) in [7, 11) is 0. The van der Waals surface area contributed by atoms with Crippen molar-refractivity contribution in [3.63, 3.8) is 0 Å². The Kier molecular flexibility index (Phi) is 6.66. The number of hydrogen-bond donors (Lipinski definition) is 2. The van der Waals surface area contributed by atoms with E-state index < -0.39 is 0 Å². The number of ketones is 1. The number of likely N-dealkylation sites (tertiary alicyclic amines) is 1. The Balaban J connectivity index is 1.46. The van der Waals surface area contributed by atoms with Crippen LogP contribution in [0.15, 0.2) is 72.8 Å². The molecule has 3 aromatic carbocycles. The third-order valence-corrected chi connectivity index (χ3v) is 5.87. The zero-order valence-corrected chi connectivity index (χ0v) is 18.4. The smallest absolute Gasteiger partial charge is 0.255 e. The van der Waals surface area contributed by atoms with Crippen LogP contribution >= 0.6 is 11.6 Å². The number of rotatable bonds is 6. The summed E-state index contributed by atoms with van der Waals surface area (Å²) in [5.74, 6) is 0.159. The highest BCUT2D eigenvalue weighted by Crippen LogP contribution is 2.19. The SMILES string of the molecule is N=C(c1ccc(C(=O)Cc2ccccc2C(=O)Nc2ccc(Cl)cc2)cc1)N1CCCC1. The number of nitrogens with one attached hydrogen (secondary N) is 2. The maximum atomic E-state index is 12.9. The summed E-state index contributed by atoms with van der Waals surface area (Å²) >= 11 is 5.90. The molecule has 2 N–H and O–H groups in total. The molecule has 0 unspecified atom stereocenters. The van der Waals surface area contributed by atoms with Crippen LogP contribution in [-0.2, 0) is 6.42 Å². The van der Waals surface area contributed by atoms with Gasteiger partial charge in [0.15, 0.2) is 5.78 Å². The summed E-state index contributed by atoms with van der Waals surface area (Å²) in [4.78, 5) is 27.8. The molecule has 0 aromatic heterocycles. The van der Waals surface area contributed by atoms with E-state index >= 15 is 0 Å². The van der Waals surface area contributed by atoms with E-state index in [2.05, 4.69) is 10.2 Å². The Hall–Kier alpha value is -3.44. The first-order valence-corrected chi connectivity index (χ1v) is 11.0. The molecule has 1 heterocycles. The molecule has 32 heavy (non-hydrogen) atoms. The first-order valence-electron chi connectivity index (χ1n) is 10.6. The average molecular weight is 446 g/mol. The number of amidine groups is 1. The largest absolute Gasteiger partial charge is 0.357 e. The summed E-state index contributed by atoms with van der Waals surface area (Å²) < 4.78 is 0. The first kappa shape index (κ1) is 21.8. The average Bonchev–Trinajstić information content (AvgIpc) is 3.35. The van der Waals surface area contributed by atoms with Gasteiger partial charge in [0.2, 0.25) is 0 Å². The second-order valence-electron chi connectivity index (χ2n) is 7.84. The van der Waals surface area contributed by atoms with Crippen LogP contribution < -0.4 is 5.32 Å². The highest BCUT2D eigenvalue weighted by atomic mass is 35.5. The summed E-state index contributed by atoms with van der Waals surface area (Å²) in [6, 6.07) is 21.2. The van der Waals surface area contributed by atoms with E-state index in [9.17, 15) is 9.59 Å². The van der Waals surface area contributed by atoms with Gasteiger partial charge < -0.3 is 10.2 Å². The monoisotopic (exact) mass is 445 g/mol. The van der Waals surface area contributed by atoms with E-state index in [-0.39, 0.29) is 18.1 Å². The molecule has 1 saturated heterocycles. The second kappa shape index (κ2) is 9.79. The molecular formula is C26H24ClN3O2. The molecule has 3 aromatic rings. The van der Waals surface area contributed by atoms with Gasteiger partial charge >= 0.3 is 0 Å². The minimum absolute atomic E-state index is 0.0732. The Morgan fingerprint density at radius 2 is 1.50 bits per heavy atom. The lowest BCUT2D eigenvalue weighted by Crippen LogP contribution is -2.27. The maximum absolute atomic E-state index is 12.9. The molecule has 0 spiro atoms. The van der Waals surface area contributed by atoms with Gasteiger partial charge in [0.25, 0.3) is 5.91 Å². The van der Waals surface area contributed by atoms with Crippen molar-refractivity contribution >= 4 is 34.8 Å². The highest BCUT2D eigenvalue weighted by Gasteiger charge is 2.18. The lowest BCUT2D eigenvalue weighted by atomic mass is 9.97. The molecule has 0 atom stereocenters. The quantitative estimate of drug-likeness (QED) is 0.301. The van der Waals surface area contributed by atoms with Crippen molar-refractivity contribution in [2.24, 2.45) is 0 Å². The van der Waals surface area contributed by atoms with Crippen LogP contribution in [0.25, 0.3) is 0 Å². The van der Waals surface area contributed by atoms with Gasteiger partial charge in [0, 0.05) is 46.9 Å². The van der Waals surface area contributed by atoms with Crippen LogP contribution in [0, 0.1) is 5.41 Å². The zero-order valence-electron chi connectivity index (χ0n) is 17.6. The van der Waals surface area contributed by atoms with Crippen LogP contribution in [0.4, 0.5) is 5.69 Å². The van der Waals surface area contributed by atoms with Crippen molar-refractivity contribution in [1.82, 2.24) is 4.90 Å². The minimum atomic E-state index is -0.273. The topological polar surface area (TPSA) is 73.3 Å². The van der Waals surface area contributed by atoms with E-state index in [4.69, 9.17) is 17.0 Å². The molecule has 0 saturated carbocycles. The predicted octanol–water partition coefficient (Wildman–Crippen LogP) is 5.44. The Labute approximate surface area is 192 Å². The Morgan fingerprint density at radius 3 is 2.19 bits per heavy atom. The zero-order chi connectivity index (χ0) is 22.5. The Morgan fingerprint density at radius 1 is 0.875 bits per heavy atom. The highest BCUT2D eigenvalue weighted by molar-refractivity contribution is 6.30. The molecule has 5 nitrogen and oxygen atoms in total. The fourth-order valence-electron chi connectivity index (χ4n) is 3.84. The number of anilines is 1. The summed E-state index contributed by atoms with van der Waals surface area (Å²) in [6.45, 7) is 1.82. The molecular weight excluding hydrogens is 422 g/mol. The number of nitrogens with zero attached hydrogens (tertiary/aromatic N) is 1. The third kappa shape index (κ3) is 5.06. The molecule has 0 radical (unpaired) electrons. The molecule has 1 aliphatic heterocycles. The van der Waals surface area contributed by atoms with Crippen molar-refractivity contribution in [1.29, 1.82) is 5.41 Å². The minimum Gasteiger partial charge on any atom is -0.357 e. The van der Waals surface area contributed by atoms with Gasteiger partial charge in [0.1, 0.15) is 5.84 Å². The summed E-state index contributed by atoms with van der Waals surface area (Å²) in [5.41, 5.74) is 3.14. The van der Waals surface area contributed by atoms with Gasteiger partial charge in [-0.25, -0.2) is 0 Å². The lowest BCUT2D eigenvalue weighted by molar-refractivity contribution is 0.0992. The standard InChI is InChI=1S/C26H24ClN3O2/c27-21-11-13-22(14-12-21)29-26(32)23-6-2-1-5-20(23)17-24(31)18-7-9-19(10-8-18)25(28)30-15-3-4-16-30/h1-2,5-14,28H,3-4,15-17H2,(H,29,32). The predicted molar refractivity (Wildman–Crippen MR) is 128 cm³/mol. The first-order chi connectivity index (χ1) is 15.5. The van der Waals surface area contributed by atoms with Crippen molar-refractivity contribution in [2.45, 2.75) is 19.3 Å². The lowest BCUT2D eigenvalue weighted by Gasteiger charge is -2.18. The van der Waals surface area contributed by atoms with Crippen LogP contribution in [0.5, 0.6) is 0 Å². The van der Waals surface area contributed by atoms with E-state index in [0.29, 0.717) is 33.2 Å². The number of amides is 1. The normalized spacial score (nSPS) is 13.1. The third-order valence-electron chi connectivity index (χ3n) is 5.62. The van der Waals surface area contributed by atoms with Crippen LogP contribution in [0.1, 0.15) is 44.7 Å². The summed E-state index contributed by atoms with van der Waals surface area (Å²) in [6.07, 6.45) is 2.35. The number of carbonyl (C=O) groups excluding carboxylic acids is 2. The molecule has 1 aliphatic rings. The molecule has 0 bridgehead atoms. The number of Topliss-reactive ketones (excluding diaryl/α,β-unsaturated/α-hetero) is 1. The molecule has 1 amide bonds. The van der Waals surface area contributed by atoms with Gasteiger partial charge in [-0.05, 0) is 48.7 Å². The number of benzene rings is 3. The maximum Gasteiger partial charge on any atom is 0.255 e. The van der Waals surface area contributed by atoms with Gasteiger partial charge in [-0.2, -0.15) is 0 Å². The van der Waals surface area contributed by atoms with Gasteiger partial charge in [-0.15, -0.1) is 0 Å². The van der Waals surface area contributed by atoms with E-state index in [0.717, 1.165) is 31.5 Å². The van der Waals surface area contributed by atoms with Crippen molar-refractivity contribution in [2.75, 3.05) is 18.4 Å². The Bertz CT molecular complexity index is 1130. The fourth-order valence-corrected chi connectivity index (χ4v) is 3.97. The van der Waals surface area contributed by atoms with E-state index in [1.54, 1.807) is 54.6 Å².